The first-order valence-corrected chi connectivity index (χ1v) is 8.05. The summed E-state index contributed by atoms with van der Waals surface area (Å²) in [5.74, 6) is -1.87. The molecule has 0 bridgehead atoms. The number of hydrogen-bond donors (Lipinski definition) is 4. The highest BCUT2D eigenvalue weighted by atomic mass is 31.2. The Morgan fingerprint density at radius 2 is 1.78 bits per heavy atom. The van der Waals surface area contributed by atoms with Crippen molar-refractivity contribution in [1.29, 1.82) is 0 Å². The second-order valence-electron chi connectivity index (χ2n) is 4.40. The van der Waals surface area contributed by atoms with Gasteiger partial charge in [-0.3, -0.25) is 18.6 Å². The fourth-order valence-corrected chi connectivity index (χ4v) is 2.04. The number of aliphatic hydroxyl groups is 1. The zero-order valence-corrected chi connectivity index (χ0v) is 13.9. The summed E-state index contributed by atoms with van der Waals surface area (Å²) in [5, 5.41) is 20.3. The SMILES string of the molecule is CNC(COP(=O)(O)OCC(COC(C)=O)OC(C)O)C(=O)O. The Kier molecular flexibility index (Phi) is 10.2. The van der Waals surface area contributed by atoms with Crippen LogP contribution in [0.5, 0.6) is 0 Å². The van der Waals surface area contributed by atoms with E-state index >= 15 is 0 Å². The molecule has 11 nitrogen and oxygen atoms in total. The Bertz CT molecular complexity index is 429. The lowest BCUT2D eigenvalue weighted by atomic mass is 10.3. The third-order valence-corrected chi connectivity index (χ3v) is 3.29. The van der Waals surface area contributed by atoms with Gasteiger partial charge in [0.15, 0.2) is 6.29 Å². The van der Waals surface area contributed by atoms with Crippen LogP contribution < -0.4 is 5.32 Å². The van der Waals surface area contributed by atoms with Gasteiger partial charge in [0.05, 0.1) is 13.2 Å². The van der Waals surface area contributed by atoms with Gasteiger partial charge in [0, 0.05) is 6.92 Å². The molecule has 0 amide bonds. The van der Waals surface area contributed by atoms with Gasteiger partial charge in [0.1, 0.15) is 18.8 Å². The van der Waals surface area contributed by atoms with E-state index in [9.17, 15) is 19.0 Å². The minimum absolute atomic E-state index is 0.311. The Morgan fingerprint density at radius 1 is 1.22 bits per heavy atom. The summed E-state index contributed by atoms with van der Waals surface area (Å²) in [6, 6.07) is -1.19. The number of likely N-dealkylation sites (N-methyl/N-ethyl adjacent to an activating group) is 1. The van der Waals surface area contributed by atoms with Gasteiger partial charge in [-0.05, 0) is 14.0 Å². The number of nitrogens with one attached hydrogen (secondary N) is 1. The number of carbonyl (C=O) groups excluding carboxylic acids is 1. The van der Waals surface area contributed by atoms with E-state index in [1.807, 2.05) is 0 Å². The first-order chi connectivity index (χ1) is 10.6. The van der Waals surface area contributed by atoms with E-state index in [-0.39, 0.29) is 6.61 Å². The van der Waals surface area contributed by atoms with Crippen LogP contribution in [0.4, 0.5) is 0 Å². The van der Waals surface area contributed by atoms with Crippen LogP contribution in [-0.2, 0) is 32.7 Å². The van der Waals surface area contributed by atoms with Crippen molar-refractivity contribution in [3.63, 3.8) is 0 Å². The monoisotopic (exact) mass is 359 g/mol. The molecule has 4 atom stereocenters. The maximum absolute atomic E-state index is 11.6. The second kappa shape index (κ2) is 10.7. The van der Waals surface area contributed by atoms with Gasteiger partial charge < -0.3 is 29.9 Å². The minimum Gasteiger partial charge on any atom is -0.480 e. The molecular weight excluding hydrogens is 337 g/mol. The van der Waals surface area contributed by atoms with Gasteiger partial charge in [-0.15, -0.1) is 0 Å². The fourth-order valence-electron chi connectivity index (χ4n) is 1.28. The molecule has 0 aromatic heterocycles. The first kappa shape index (κ1) is 21.9. The molecule has 0 saturated carbocycles. The highest BCUT2D eigenvalue weighted by Gasteiger charge is 2.27. The summed E-state index contributed by atoms with van der Waals surface area (Å²) in [4.78, 5) is 30.9. The summed E-state index contributed by atoms with van der Waals surface area (Å²) < 4.78 is 30.4. The van der Waals surface area contributed by atoms with Crippen molar-refractivity contribution in [2.75, 3.05) is 26.9 Å². The average Bonchev–Trinajstić information content (AvgIpc) is 2.41. The number of phosphoric ester groups is 1. The molecule has 0 aromatic rings. The summed E-state index contributed by atoms with van der Waals surface area (Å²) in [5.41, 5.74) is 0. The molecule has 12 heteroatoms. The van der Waals surface area contributed by atoms with Crippen LogP contribution in [-0.4, -0.2) is 72.3 Å². The number of hydrogen-bond acceptors (Lipinski definition) is 9. The number of phosphoric acid groups is 1. The maximum Gasteiger partial charge on any atom is 0.472 e. The fraction of sp³-hybridized carbons (Fsp3) is 0.818. The van der Waals surface area contributed by atoms with Crippen LogP contribution in [0.15, 0.2) is 0 Å². The van der Waals surface area contributed by atoms with Crippen molar-refractivity contribution in [2.24, 2.45) is 0 Å². The highest BCUT2D eigenvalue weighted by Crippen LogP contribution is 2.43. The highest BCUT2D eigenvalue weighted by molar-refractivity contribution is 7.47. The van der Waals surface area contributed by atoms with Crippen LogP contribution in [0.25, 0.3) is 0 Å². The van der Waals surface area contributed by atoms with E-state index in [0.717, 1.165) is 6.92 Å². The van der Waals surface area contributed by atoms with E-state index in [0.29, 0.717) is 0 Å². The van der Waals surface area contributed by atoms with Crippen LogP contribution >= 0.6 is 7.82 Å². The topological polar surface area (TPSA) is 161 Å². The van der Waals surface area contributed by atoms with Gasteiger partial charge >= 0.3 is 19.8 Å². The van der Waals surface area contributed by atoms with Gasteiger partial charge in [-0.2, -0.15) is 0 Å². The third-order valence-electron chi connectivity index (χ3n) is 2.34. The molecule has 136 valence electrons. The zero-order chi connectivity index (χ0) is 18.0. The van der Waals surface area contributed by atoms with Crippen LogP contribution in [0.3, 0.4) is 0 Å². The van der Waals surface area contributed by atoms with Crippen molar-refractivity contribution < 1.29 is 47.8 Å². The molecule has 23 heavy (non-hydrogen) atoms. The predicted molar refractivity (Wildman–Crippen MR) is 75.4 cm³/mol. The number of rotatable bonds is 12. The molecule has 0 aliphatic heterocycles. The quantitative estimate of drug-likeness (QED) is 0.194. The summed E-state index contributed by atoms with van der Waals surface area (Å²) in [6.07, 6.45) is -2.23. The zero-order valence-electron chi connectivity index (χ0n) is 13.0. The molecule has 4 N–H and O–H groups in total. The lowest BCUT2D eigenvalue weighted by Gasteiger charge is -2.21. The van der Waals surface area contributed by atoms with Crippen molar-refractivity contribution in [1.82, 2.24) is 5.32 Å². The molecule has 0 aliphatic carbocycles. The number of ether oxygens (including phenoxy) is 2. The lowest BCUT2D eigenvalue weighted by molar-refractivity contribution is -0.165. The maximum atomic E-state index is 11.6. The molecule has 0 rings (SSSR count). The number of aliphatic hydroxyl groups excluding tert-OH is 1. The van der Waals surface area contributed by atoms with Crippen molar-refractivity contribution >= 4 is 19.8 Å². The predicted octanol–water partition coefficient (Wildman–Crippen LogP) is -0.921. The average molecular weight is 359 g/mol. The van der Waals surface area contributed by atoms with Crippen molar-refractivity contribution in [3.05, 3.63) is 0 Å². The van der Waals surface area contributed by atoms with Crippen molar-refractivity contribution in [3.8, 4) is 0 Å². The Morgan fingerprint density at radius 3 is 2.22 bits per heavy atom. The molecule has 0 fully saturated rings. The Hall–Kier alpha value is -1.07. The largest absolute Gasteiger partial charge is 0.480 e. The molecular formula is C11H22NO10P. The molecule has 0 aromatic carbocycles. The van der Waals surface area contributed by atoms with Crippen molar-refractivity contribution in [2.45, 2.75) is 32.3 Å². The Labute approximate surface area is 133 Å². The number of aliphatic carboxylic acids is 1. The standard InChI is InChI=1S/C11H22NO10P/c1-7(13)19-4-9(22-8(2)14)5-20-23(17,18)21-6-10(12-3)11(15)16/h8-10,12,14H,4-6H2,1-3H3,(H,15,16)(H,17,18). The van der Waals surface area contributed by atoms with Gasteiger partial charge in [-0.1, -0.05) is 0 Å². The third kappa shape index (κ3) is 11.2. The summed E-state index contributed by atoms with van der Waals surface area (Å²) in [6.45, 7) is 1.01. The van der Waals surface area contributed by atoms with Crippen LogP contribution in [0.1, 0.15) is 13.8 Å². The summed E-state index contributed by atoms with van der Waals surface area (Å²) in [7, 11) is -3.21. The van der Waals surface area contributed by atoms with E-state index in [1.54, 1.807) is 0 Å². The van der Waals surface area contributed by atoms with E-state index in [1.165, 1.54) is 14.0 Å². The molecule has 0 aliphatic rings. The van der Waals surface area contributed by atoms with E-state index in [4.69, 9.17) is 14.9 Å². The van der Waals surface area contributed by atoms with Gasteiger partial charge in [0.25, 0.3) is 0 Å². The molecule has 0 saturated heterocycles. The summed E-state index contributed by atoms with van der Waals surface area (Å²) >= 11 is 0. The minimum atomic E-state index is -4.55. The first-order valence-electron chi connectivity index (χ1n) is 6.56. The van der Waals surface area contributed by atoms with Crippen LogP contribution in [0, 0.1) is 0 Å². The number of carboxylic acid groups (broad SMARTS) is 1. The Balaban J connectivity index is 4.45. The van der Waals surface area contributed by atoms with Crippen LogP contribution in [0.2, 0.25) is 0 Å². The molecule has 0 heterocycles. The molecule has 4 unspecified atom stereocenters. The number of esters is 1. The molecule has 0 radical (unpaired) electrons. The normalized spacial score (nSPS) is 17.8. The van der Waals surface area contributed by atoms with E-state index < -0.39 is 51.4 Å². The number of carboxylic acids is 1. The lowest BCUT2D eigenvalue weighted by Crippen LogP contribution is -2.38. The van der Waals surface area contributed by atoms with E-state index in [2.05, 4.69) is 19.1 Å². The van der Waals surface area contributed by atoms with Gasteiger partial charge in [-0.25, -0.2) is 4.57 Å². The second-order valence-corrected chi connectivity index (χ2v) is 5.85. The smallest absolute Gasteiger partial charge is 0.472 e. The number of carbonyl (C=O) groups is 2. The molecule has 0 spiro atoms. The van der Waals surface area contributed by atoms with Gasteiger partial charge in [0.2, 0.25) is 0 Å².